The van der Waals surface area contributed by atoms with E-state index in [1.165, 1.54) is 6.07 Å². The number of aliphatic hydroxyl groups is 1. The molecule has 0 radical (unpaired) electrons. The molecule has 1 unspecified atom stereocenters. The first-order chi connectivity index (χ1) is 11.5. The van der Waals surface area contributed by atoms with Crippen molar-refractivity contribution in [3.63, 3.8) is 0 Å². The molecule has 0 spiro atoms. The molecule has 128 valence electrons. The van der Waals surface area contributed by atoms with E-state index < -0.39 is 23.6 Å². The Balaban J connectivity index is 2.04. The molecule has 4 nitrogen and oxygen atoms in total. The summed E-state index contributed by atoms with van der Waals surface area (Å²) in [4.78, 5) is 12.1. The number of ether oxygens (including phenoxy) is 1. The Kier molecular flexibility index (Phi) is 6.40. The molecule has 2 rings (SSSR count). The van der Waals surface area contributed by atoms with E-state index in [0.29, 0.717) is 0 Å². The van der Waals surface area contributed by atoms with E-state index in [1.807, 2.05) is 31.2 Å². The van der Waals surface area contributed by atoms with Gasteiger partial charge in [-0.15, -0.1) is 0 Å². The number of hydrogen-bond acceptors (Lipinski definition) is 3. The lowest BCUT2D eigenvalue weighted by atomic mass is 10.1. The highest BCUT2D eigenvalue weighted by atomic mass is 19.2. The second-order valence-electron chi connectivity index (χ2n) is 5.33. The molecule has 0 aliphatic heterocycles. The van der Waals surface area contributed by atoms with Gasteiger partial charge < -0.3 is 15.2 Å². The van der Waals surface area contributed by atoms with Crippen LogP contribution in [0.25, 0.3) is 0 Å². The molecular weight excluding hydrogens is 316 g/mol. The third kappa shape index (κ3) is 4.84. The second kappa shape index (κ2) is 8.52. The molecule has 0 aliphatic carbocycles. The zero-order valence-electron chi connectivity index (χ0n) is 13.3. The minimum Gasteiger partial charge on any atom is -0.394 e. The minimum atomic E-state index is -1.07. The lowest BCUT2D eigenvalue weighted by molar-refractivity contribution is 0.0277. The Labute approximate surface area is 139 Å². The molecule has 1 atom stereocenters. The summed E-state index contributed by atoms with van der Waals surface area (Å²) in [7, 11) is 0. The molecule has 0 aliphatic rings. The van der Waals surface area contributed by atoms with E-state index in [9.17, 15) is 13.6 Å². The Morgan fingerprint density at radius 2 is 1.88 bits per heavy atom. The van der Waals surface area contributed by atoms with Crippen LogP contribution in [0.2, 0.25) is 0 Å². The monoisotopic (exact) mass is 335 g/mol. The third-order valence-electron chi connectivity index (χ3n) is 3.49. The van der Waals surface area contributed by atoms with Crippen molar-refractivity contribution in [1.82, 2.24) is 5.32 Å². The number of benzene rings is 2. The van der Waals surface area contributed by atoms with E-state index in [2.05, 4.69) is 5.32 Å². The third-order valence-corrected chi connectivity index (χ3v) is 3.49. The smallest absolute Gasteiger partial charge is 0.251 e. The zero-order valence-corrected chi connectivity index (χ0v) is 13.3. The van der Waals surface area contributed by atoms with Gasteiger partial charge in [-0.2, -0.15) is 0 Å². The Morgan fingerprint density at radius 1 is 1.17 bits per heavy atom. The average Bonchev–Trinajstić information content (AvgIpc) is 2.58. The topological polar surface area (TPSA) is 58.6 Å². The number of amides is 1. The molecule has 2 aromatic rings. The summed E-state index contributed by atoms with van der Waals surface area (Å²) in [6, 6.07) is 10.6. The maximum atomic E-state index is 13.2. The van der Waals surface area contributed by atoms with Gasteiger partial charge in [-0.1, -0.05) is 29.8 Å². The zero-order chi connectivity index (χ0) is 17.5. The maximum Gasteiger partial charge on any atom is 0.251 e. The van der Waals surface area contributed by atoms with Crippen LogP contribution in [0.15, 0.2) is 42.5 Å². The van der Waals surface area contributed by atoms with Gasteiger partial charge in [0.05, 0.1) is 19.3 Å². The predicted octanol–water partition coefficient (Wildman–Crippen LogP) is 2.75. The molecule has 0 saturated heterocycles. The van der Waals surface area contributed by atoms with Crippen LogP contribution in [-0.2, 0) is 4.74 Å². The van der Waals surface area contributed by atoms with Gasteiger partial charge in [-0.3, -0.25) is 4.79 Å². The van der Waals surface area contributed by atoms with Crippen LogP contribution in [0, 0.1) is 18.6 Å². The summed E-state index contributed by atoms with van der Waals surface area (Å²) in [5, 5.41) is 11.6. The summed E-state index contributed by atoms with van der Waals surface area (Å²) in [6.07, 6.45) is -0.452. The molecule has 24 heavy (non-hydrogen) atoms. The van der Waals surface area contributed by atoms with Crippen LogP contribution >= 0.6 is 0 Å². The Bertz CT molecular complexity index is 689. The van der Waals surface area contributed by atoms with Crippen molar-refractivity contribution in [2.45, 2.75) is 13.0 Å². The molecule has 0 heterocycles. The number of carbonyl (C=O) groups excluding carboxylic acids is 1. The van der Waals surface area contributed by atoms with Crippen molar-refractivity contribution in [1.29, 1.82) is 0 Å². The van der Waals surface area contributed by atoms with Crippen molar-refractivity contribution < 1.29 is 23.4 Å². The van der Waals surface area contributed by atoms with E-state index in [4.69, 9.17) is 9.84 Å². The predicted molar refractivity (Wildman–Crippen MR) is 85.6 cm³/mol. The summed E-state index contributed by atoms with van der Waals surface area (Å²) < 4.78 is 31.7. The molecular formula is C18H19F2NO3. The maximum absolute atomic E-state index is 13.2. The fourth-order valence-corrected chi connectivity index (χ4v) is 2.17. The standard InChI is InChI=1S/C18H19F2NO3/c1-12-2-4-13(5-3-12)17(24-9-8-22)11-21-18(23)14-6-7-15(19)16(20)10-14/h2-7,10,17,22H,8-9,11H2,1H3,(H,21,23). The van der Waals surface area contributed by atoms with Gasteiger partial charge >= 0.3 is 0 Å². The van der Waals surface area contributed by atoms with Crippen LogP contribution in [0.3, 0.4) is 0 Å². The van der Waals surface area contributed by atoms with Crippen LogP contribution < -0.4 is 5.32 Å². The van der Waals surface area contributed by atoms with Crippen molar-refractivity contribution in [2.75, 3.05) is 19.8 Å². The van der Waals surface area contributed by atoms with E-state index in [0.717, 1.165) is 23.3 Å². The number of hydrogen-bond donors (Lipinski definition) is 2. The molecule has 2 N–H and O–H groups in total. The van der Waals surface area contributed by atoms with Crippen LogP contribution in [0.4, 0.5) is 8.78 Å². The van der Waals surface area contributed by atoms with Gasteiger partial charge in [0.25, 0.3) is 5.91 Å². The first-order valence-corrected chi connectivity index (χ1v) is 7.53. The largest absolute Gasteiger partial charge is 0.394 e. The quantitative estimate of drug-likeness (QED) is 0.818. The van der Waals surface area contributed by atoms with Gasteiger partial charge in [0.15, 0.2) is 11.6 Å². The first kappa shape index (κ1) is 18.0. The first-order valence-electron chi connectivity index (χ1n) is 7.53. The van der Waals surface area contributed by atoms with E-state index in [-0.39, 0.29) is 25.3 Å². The number of nitrogens with one attached hydrogen (secondary N) is 1. The molecule has 0 bridgehead atoms. The summed E-state index contributed by atoms with van der Waals surface area (Å²) in [5.41, 5.74) is 1.96. The van der Waals surface area contributed by atoms with Crippen molar-refractivity contribution in [3.8, 4) is 0 Å². The van der Waals surface area contributed by atoms with Crippen LogP contribution in [-0.4, -0.2) is 30.8 Å². The summed E-state index contributed by atoms with van der Waals surface area (Å²) in [5.74, 6) is -2.61. The molecule has 0 aromatic heterocycles. The number of aliphatic hydroxyl groups excluding tert-OH is 1. The van der Waals surface area contributed by atoms with E-state index in [1.54, 1.807) is 0 Å². The SMILES string of the molecule is Cc1ccc(C(CNC(=O)c2ccc(F)c(F)c2)OCCO)cc1. The average molecular weight is 335 g/mol. The molecule has 0 fully saturated rings. The van der Waals surface area contributed by atoms with Crippen molar-refractivity contribution in [3.05, 3.63) is 70.8 Å². The Hall–Kier alpha value is -2.31. The van der Waals surface area contributed by atoms with Gasteiger partial charge in [0.1, 0.15) is 0 Å². The molecule has 2 aromatic carbocycles. The number of rotatable bonds is 7. The second-order valence-corrected chi connectivity index (χ2v) is 5.33. The van der Waals surface area contributed by atoms with Crippen molar-refractivity contribution >= 4 is 5.91 Å². The highest BCUT2D eigenvalue weighted by Gasteiger charge is 2.15. The van der Waals surface area contributed by atoms with Gasteiger partial charge in [-0.25, -0.2) is 8.78 Å². The highest BCUT2D eigenvalue weighted by molar-refractivity contribution is 5.94. The van der Waals surface area contributed by atoms with Crippen LogP contribution in [0.1, 0.15) is 27.6 Å². The minimum absolute atomic E-state index is 0.0266. The lowest BCUT2D eigenvalue weighted by Crippen LogP contribution is -2.30. The number of aryl methyl sites for hydroxylation is 1. The molecule has 1 amide bonds. The van der Waals surface area contributed by atoms with Crippen LogP contribution in [0.5, 0.6) is 0 Å². The number of halogens is 2. The van der Waals surface area contributed by atoms with Crippen molar-refractivity contribution in [2.24, 2.45) is 0 Å². The normalized spacial score (nSPS) is 12.0. The summed E-state index contributed by atoms with van der Waals surface area (Å²) >= 11 is 0. The molecule has 0 saturated carbocycles. The Morgan fingerprint density at radius 3 is 2.50 bits per heavy atom. The van der Waals surface area contributed by atoms with E-state index >= 15 is 0 Å². The highest BCUT2D eigenvalue weighted by Crippen LogP contribution is 2.17. The lowest BCUT2D eigenvalue weighted by Gasteiger charge is -2.19. The number of carbonyl (C=O) groups is 1. The fourth-order valence-electron chi connectivity index (χ4n) is 2.17. The molecule has 6 heteroatoms. The fraction of sp³-hybridized carbons (Fsp3) is 0.278. The summed E-state index contributed by atoms with van der Waals surface area (Å²) in [6.45, 7) is 2.08. The van der Waals surface area contributed by atoms with Gasteiger partial charge in [0.2, 0.25) is 0 Å². The van der Waals surface area contributed by atoms with Gasteiger partial charge in [-0.05, 0) is 30.7 Å². The van der Waals surface area contributed by atoms with Gasteiger partial charge in [0, 0.05) is 12.1 Å².